The Kier molecular flexibility index (Phi) is 8.75. The molecule has 0 aliphatic heterocycles. The highest BCUT2D eigenvalue weighted by Crippen LogP contribution is 2.33. The molecule has 3 aromatic rings. The van der Waals surface area contributed by atoms with Gasteiger partial charge in [0.15, 0.2) is 11.5 Å². The van der Waals surface area contributed by atoms with Crippen molar-refractivity contribution < 1.29 is 9.47 Å². The van der Waals surface area contributed by atoms with Gasteiger partial charge in [-0.2, -0.15) is 0 Å². The SMILES string of the molecule is CC(C)Oc1ccc(C(C)NCCC(c2ccccc2)c2ccccc2)cc1OC(C)C. The van der Waals surface area contributed by atoms with Crippen molar-refractivity contribution >= 4 is 0 Å². The summed E-state index contributed by atoms with van der Waals surface area (Å²) in [6.07, 6.45) is 1.24. The van der Waals surface area contributed by atoms with Gasteiger partial charge < -0.3 is 14.8 Å². The van der Waals surface area contributed by atoms with Crippen molar-refractivity contribution in [2.24, 2.45) is 0 Å². The molecule has 3 rings (SSSR count). The molecule has 3 nitrogen and oxygen atoms in total. The van der Waals surface area contributed by atoms with Crippen LogP contribution < -0.4 is 14.8 Å². The second-order valence-electron chi connectivity index (χ2n) is 8.88. The molecule has 0 amide bonds. The van der Waals surface area contributed by atoms with Crippen molar-refractivity contribution in [3.63, 3.8) is 0 Å². The van der Waals surface area contributed by atoms with Gasteiger partial charge in [0.1, 0.15) is 0 Å². The van der Waals surface area contributed by atoms with E-state index in [1.165, 1.54) is 16.7 Å². The highest BCUT2D eigenvalue weighted by Gasteiger charge is 2.16. The molecule has 0 saturated heterocycles. The minimum absolute atomic E-state index is 0.0977. The summed E-state index contributed by atoms with van der Waals surface area (Å²) in [5, 5.41) is 3.71. The second kappa shape index (κ2) is 11.7. The third-order valence-corrected chi connectivity index (χ3v) is 5.48. The minimum atomic E-state index is 0.0977. The van der Waals surface area contributed by atoms with E-state index in [9.17, 15) is 0 Å². The summed E-state index contributed by atoms with van der Waals surface area (Å²) in [7, 11) is 0. The summed E-state index contributed by atoms with van der Waals surface area (Å²) < 4.78 is 12.0. The average molecular weight is 432 g/mol. The van der Waals surface area contributed by atoms with E-state index in [1.807, 2.05) is 33.8 Å². The number of hydrogen-bond donors (Lipinski definition) is 1. The number of benzene rings is 3. The van der Waals surface area contributed by atoms with Crippen LogP contribution in [-0.2, 0) is 0 Å². The van der Waals surface area contributed by atoms with Gasteiger partial charge in [-0.1, -0.05) is 66.7 Å². The molecule has 0 spiro atoms. The topological polar surface area (TPSA) is 30.5 Å². The van der Waals surface area contributed by atoms with Crippen LogP contribution in [0.1, 0.15) is 69.7 Å². The van der Waals surface area contributed by atoms with Gasteiger partial charge in [-0.05, 0) is 76.4 Å². The predicted molar refractivity (Wildman–Crippen MR) is 134 cm³/mol. The van der Waals surface area contributed by atoms with E-state index in [1.54, 1.807) is 0 Å². The Morgan fingerprint density at radius 2 is 1.16 bits per heavy atom. The van der Waals surface area contributed by atoms with E-state index in [0.717, 1.165) is 24.5 Å². The number of nitrogens with one attached hydrogen (secondary N) is 1. The zero-order chi connectivity index (χ0) is 22.9. The van der Waals surface area contributed by atoms with Gasteiger partial charge in [-0.3, -0.25) is 0 Å². The molecule has 170 valence electrons. The van der Waals surface area contributed by atoms with Crippen LogP contribution in [0.2, 0.25) is 0 Å². The molecule has 1 N–H and O–H groups in total. The summed E-state index contributed by atoms with van der Waals surface area (Å²) in [6.45, 7) is 11.3. The average Bonchev–Trinajstić information content (AvgIpc) is 2.78. The lowest BCUT2D eigenvalue weighted by Gasteiger charge is -2.22. The minimum Gasteiger partial charge on any atom is -0.487 e. The largest absolute Gasteiger partial charge is 0.487 e. The Hall–Kier alpha value is -2.78. The Morgan fingerprint density at radius 3 is 1.69 bits per heavy atom. The molecule has 1 atom stereocenters. The van der Waals surface area contributed by atoms with Gasteiger partial charge in [-0.15, -0.1) is 0 Å². The van der Waals surface area contributed by atoms with Gasteiger partial charge in [0.25, 0.3) is 0 Å². The highest BCUT2D eigenvalue weighted by atomic mass is 16.5. The summed E-state index contributed by atoms with van der Waals surface area (Å²) in [6, 6.07) is 28.0. The maximum atomic E-state index is 6.04. The van der Waals surface area contributed by atoms with Crippen molar-refractivity contribution in [3.8, 4) is 11.5 Å². The van der Waals surface area contributed by atoms with Gasteiger partial charge in [0.2, 0.25) is 0 Å². The lowest BCUT2D eigenvalue weighted by atomic mass is 9.88. The van der Waals surface area contributed by atoms with Crippen molar-refractivity contribution in [2.45, 2.75) is 65.2 Å². The third kappa shape index (κ3) is 6.86. The first-order chi connectivity index (χ1) is 15.4. The quantitative estimate of drug-likeness (QED) is 0.350. The Morgan fingerprint density at radius 1 is 0.625 bits per heavy atom. The zero-order valence-electron chi connectivity index (χ0n) is 20.0. The van der Waals surface area contributed by atoms with Crippen LogP contribution in [0.5, 0.6) is 11.5 Å². The molecule has 0 bridgehead atoms. The zero-order valence-corrected chi connectivity index (χ0v) is 20.0. The molecule has 3 aromatic carbocycles. The van der Waals surface area contributed by atoms with E-state index in [4.69, 9.17) is 9.47 Å². The lowest BCUT2D eigenvalue weighted by Crippen LogP contribution is -2.22. The molecule has 32 heavy (non-hydrogen) atoms. The predicted octanol–water partition coefficient (Wildman–Crippen LogP) is 7.13. The smallest absolute Gasteiger partial charge is 0.161 e. The van der Waals surface area contributed by atoms with Crippen LogP contribution in [0.25, 0.3) is 0 Å². The molecule has 0 radical (unpaired) electrons. The number of ether oxygens (including phenoxy) is 2. The molecule has 0 heterocycles. The lowest BCUT2D eigenvalue weighted by molar-refractivity contribution is 0.198. The number of rotatable bonds is 11. The molecule has 0 saturated carbocycles. The van der Waals surface area contributed by atoms with E-state index >= 15 is 0 Å². The summed E-state index contributed by atoms with van der Waals surface area (Å²) in [4.78, 5) is 0. The second-order valence-corrected chi connectivity index (χ2v) is 8.88. The summed E-state index contributed by atoms with van der Waals surface area (Å²) in [5.74, 6) is 1.99. The van der Waals surface area contributed by atoms with Crippen molar-refractivity contribution in [1.29, 1.82) is 0 Å². The Labute approximate surface area is 193 Å². The fourth-order valence-corrected chi connectivity index (χ4v) is 3.95. The van der Waals surface area contributed by atoms with Gasteiger partial charge in [-0.25, -0.2) is 0 Å². The van der Waals surface area contributed by atoms with Gasteiger partial charge in [0.05, 0.1) is 12.2 Å². The van der Waals surface area contributed by atoms with Crippen molar-refractivity contribution in [1.82, 2.24) is 5.32 Å². The maximum absolute atomic E-state index is 6.04. The molecular weight excluding hydrogens is 394 g/mol. The normalized spacial score (nSPS) is 12.4. The maximum Gasteiger partial charge on any atom is 0.161 e. The Balaban J connectivity index is 1.69. The monoisotopic (exact) mass is 431 g/mol. The molecule has 3 heteroatoms. The van der Waals surface area contributed by atoms with Crippen molar-refractivity contribution in [2.75, 3.05) is 6.54 Å². The molecular formula is C29H37NO2. The molecule has 0 aromatic heterocycles. The molecule has 0 aliphatic rings. The van der Waals surface area contributed by atoms with Gasteiger partial charge >= 0.3 is 0 Å². The first-order valence-electron chi connectivity index (χ1n) is 11.7. The van der Waals surface area contributed by atoms with Crippen LogP contribution in [0, 0.1) is 0 Å². The summed E-state index contributed by atoms with van der Waals surface area (Å²) in [5.41, 5.74) is 3.92. The van der Waals surface area contributed by atoms with E-state index in [2.05, 4.69) is 85.0 Å². The van der Waals surface area contributed by atoms with Crippen LogP contribution >= 0.6 is 0 Å². The van der Waals surface area contributed by atoms with E-state index in [-0.39, 0.29) is 18.2 Å². The molecule has 1 unspecified atom stereocenters. The first kappa shape index (κ1) is 23.9. The van der Waals surface area contributed by atoms with Crippen LogP contribution in [-0.4, -0.2) is 18.8 Å². The summed E-state index contributed by atoms with van der Waals surface area (Å²) >= 11 is 0. The first-order valence-corrected chi connectivity index (χ1v) is 11.7. The van der Waals surface area contributed by atoms with Gasteiger partial charge in [0, 0.05) is 12.0 Å². The number of hydrogen-bond acceptors (Lipinski definition) is 3. The molecule has 0 aliphatic carbocycles. The van der Waals surface area contributed by atoms with Crippen LogP contribution in [0.3, 0.4) is 0 Å². The fourth-order valence-electron chi connectivity index (χ4n) is 3.95. The fraction of sp³-hybridized carbons (Fsp3) is 0.379. The Bertz CT molecular complexity index is 898. The standard InChI is InChI=1S/C29H37NO2/c1-21(2)31-28-17-16-26(20-29(28)32-22(3)4)23(5)30-19-18-27(24-12-8-6-9-13-24)25-14-10-7-11-15-25/h6-17,20-23,27,30H,18-19H2,1-5H3. The van der Waals surface area contributed by atoms with Crippen LogP contribution in [0.4, 0.5) is 0 Å². The van der Waals surface area contributed by atoms with E-state index < -0.39 is 0 Å². The molecule has 0 fully saturated rings. The van der Waals surface area contributed by atoms with E-state index in [0.29, 0.717) is 5.92 Å². The van der Waals surface area contributed by atoms with Crippen molar-refractivity contribution in [3.05, 3.63) is 95.6 Å². The highest BCUT2D eigenvalue weighted by molar-refractivity contribution is 5.44. The third-order valence-electron chi connectivity index (χ3n) is 5.48. The van der Waals surface area contributed by atoms with Crippen LogP contribution in [0.15, 0.2) is 78.9 Å².